The van der Waals surface area contributed by atoms with Gasteiger partial charge in [-0.05, 0) is 29.7 Å². The molecule has 1 fully saturated rings. The van der Waals surface area contributed by atoms with Crippen molar-refractivity contribution in [3.63, 3.8) is 0 Å². The molecular formula is C25H29N5O5. The largest absolute Gasteiger partial charge is 0.502 e. The Kier molecular flexibility index (Phi) is 6.56. The van der Waals surface area contributed by atoms with Gasteiger partial charge in [0.15, 0.2) is 17.3 Å². The van der Waals surface area contributed by atoms with Crippen LogP contribution in [0.4, 0.5) is 11.9 Å². The number of hydrogen-bond donors (Lipinski definition) is 2. The zero-order chi connectivity index (χ0) is 24.4. The lowest BCUT2D eigenvalue weighted by Crippen LogP contribution is -2.40. The van der Waals surface area contributed by atoms with E-state index in [9.17, 15) is 10.2 Å². The lowest BCUT2D eigenvalue weighted by Gasteiger charge is -2.37. The maximum Gasteiger partial charge on any atom is 0.231 e. The van der Waals surface area contributed by atoms with Crippen molar-refractivity contribution in [3.05, 3.63) is 47.5 Å². The summed E-state index contributed by atoms with van der Waals surface area (Å²) in [4.78, 5) is 18.5. The quantitative estimate of drug-likeness (QED) is 0.545. The van der Waals surface area contributed by atoms with Crippen LogP contribution in [0.2, 0.25) is 0 Å². The van der Waals surface area contributed by atoms with E-state index in [1.165, 1.54) is 19.8 Å². The summed E-state index contributed by atoms with van der Waals surface area (Å²) in [5, 5.41) is 20.7. The topological polar surface area (TPSA) is 113 Å². The highest BCUT2D eigenvalue weighted by Gasteiger charge is 2.30. The van der Waals surface area contributed by atoms with Gasteiger partial charge in [-0.3, -0.25) is 0 Å². The summed E-state index contributed by atoms with van der Waals surface area (Å²) >= 11 is 0. The van der Waals surface area contributed by atoms with E-state index in [1.54, 1.807) is 12.1 Å². The van der Waals surface area contributed by atoms with Crippen LogP contribution in [-0.4, -0.2) is 78.8 Å². The molecule has 2 aliphatic heterocycles. The van der Waals surface area contributed by atoms with Gasteiger partial charge >= 0.3 is 0 Å². The van der Waals surface area contributed by atoms with E-state index in [1.807, 2.05) is 23.1 Å². The summed E-state index contributed by atoms with van der Waals surface area (Å²) in [5.41, 5.74) is 2.91. The zero-order valence-corrected chi connectivity index (χ0v) is 19.8. The SMILES string of the molecule is COc1cc(-c2nc(N3CCOCC3)nc(N3CCc4ccccc4C3CO)n2)cc(OC)c1O. The Morgan fingerprint density at radius 1 is 0.971 bits per heavy atom. The molecule has 1 saturated heterocycles. The number of anilines is 2. The molecule has 1 aromatic heterocycles. The molecule has 35 heavy (non-hydrogen) atoms. The van der Waals surface area contributed by atoms with Crippen molar-refractivity contribution in [2.75, 3.05) is 63.5 Å². The van der Waals surface area contributed by atoms with Crippen molar-refractivity contribution < 1.29 is 24.4 Å². The number of aliphatic hydroxyl groups excluding tert-OH is 1. The molecular weight excluding hydrogens is 450 g/mol. The first-order chi connectivity index (χ1) is 17.1. The number of nitrogens with zero attached hydrogens (tertiary/aromatic N) is 5. The summed E-state index contributed by atoms with van der Waals surface area (Å²) in [5.74, 6) is 1.87. The minimum Gasteiger partial charge on any atom is -0.502 e. The van der Waals surface area contributed by atoms with Crippen LogP contribution in [0.15, 0.2) is 36.4 Å². The monoisotopic (exact) mass is 479 g/mol. The summed E-state index contributed by atoms with van der Waals surface area (Å²) in [6.45, 7) is 3.11. The fourth-order valence-corrected chi connectivity index (χ4v) is 4.63. The number of aromatic nitrogens is 3. The Morgan fingerprint density at radius 3 is 2.34 bits per heavy atom. The third-order valence-corrected chi connectivity index (χ3v) is 6.49. The van der Waals surface area contributed by atoms with Gasteiger partial charge < -0.3 is 34.2 Å². The lowest BCUT2D eigenvalue weighted by molar-refractivity contribution is 0.122. The molecule has 0 spiro atoms. The molecule has 1 unspecified atom stereocenters. The number of fused-ring (bicyclic) bond motifs is 1. The van der Waals surface area contributed by atoms with Gasteiger partial charge in [-0.25, -0.2) is 0 Å². The molecule has 0 amide bonds. The fraction of sp³-hybridized carbons (Fsp3) is 0.400. The molecule has 1 atom stereocenters. The van der Waals surface area contributed by atoms with Crippen molar-refractivity contribution in [1.29, 1.82) is 0 Å². The summed E-state index contributed by atoms with van der Waals surface area (Å²) in [7, 11) is 2.96. The average Bonchev–Trinajstić information content (AvgIpc) is 2.92. The van der Waals surface area contributed by atoms with Crippen LogP contribution in [0.5, 0.6) is 17.2 Å². The number of rotatable bonds is 6. The first kappa shape index (κ1) is 23.1. The maximum atomic E-state index is 10.4. The predicted octanol–water partition coefficient (Wildman–Crippen LogP) is 2.19. The first-order valence-electron chi connectivity index (χ1n) is 11.6. The van der Waals surface area contributed by atoms with Crippen molar-refractivity contribution in [1.82, 2.24) is 15.0 Å². The van der Waals surface area contributed by atoms with Crippen LogP contribution in [0.3, 0.4) is 0 Å². The van der Waals surface area contributed by atoms with Crippen LogP contribution >= 0.6 is 0 Å². The number of benzene rings is 2. The zero-order valence-electron chi connectivity index (χ0n) is 19.8. The van der Waals surface area contributed by atoms with Gasteiger partial charge in [0.1, 0.15) is 0 Å². The number of phenols is 1. The minimum absolute atomic E-state index is 0.0637. The Morgan fingerprint density at radius 2 is 1.66 bits per heavy atom. The van der Waals surface area contributed by atoms with E-state index in [-0.39, 0.29) is 29.9 Å². The minimum atomic E-state index is -0.267. The van der Waals surface area contributed by atoms with Crippen LogP contribution in [0.1, 0.15) is 17.2 Å². The number of aliphatic hydroxyl groups is 1. The number of morpholine rings is 1. The van der Waals surface area contributed by atoms with E-state index < -0.39 is 0 Å². The Bertz CT molecular complexity index is 1180. The molecule has 2 aromatic carbocycles. The number of methoxy groups -OCH3 is 2. The summed E-state index contributed by atoms with van der Waals surface area (Å²) in [6.07, 6.45) is 0.821. The molecule has 10 heteroatoms. The van der Waals surface area contributed by atoms with Gasteiger partial charge in [0.2, 0.25) is 17.6 Å². The van der Waals surface area contributed by atoms with Gasteiger partial charge in [0.25, 0.3) is 0 Å². The van der Waals surface area contributed by atoms with Crippen molar-refractivity contribution in [2.45, 2.75) is 12.5 Å². The predicted molar refractivity (Wildman–Crippen MR) is 130 cm³/mol. The van der Waals surface area contributed by atoms with E-state index in [0.717, 1.165) is 12.0 Å². The Balaban J connectivity index is 1.63. The fourth-order valence-electron chi connectivity index (χ4n) is 4.63. The van der Waals surface area contributed by atoms with Crippen LogP contribution in [-0.2, 0) is 11.2 Å². The highest BCUT2D eigenvalue weighted by Crippen LogP contribution is 2.40. The second-order valence-corrected chi connectivity index (χ2v) is 8.43. The third kappa shape index (κ3) is 4.42. The van der Waals surface area contributed by atoms with Crippen molar-refractivity contribution in [3.8, 4) is 28.6 Å². The Labute approximate surface area is 203 Å². The second kappa shape index (κ2) is 9.93. The standard InChI is InChI=1S/C25H29N5O5/c1-33-20-13-17(14-21(34-2)22(20)32)23-26-24(29-9-11-35-12-10-29)28-25(27-23)30-8-7-16-5-3-4-6-18(16)19(30)15-31/h3-6,13-14,19,31-32H,7-12,15H2,1-2H3. The molecule has 10 nitrogen and oxygen atoms in total. The summed E-state index contributed by atoms with van der Waals surface area (Å²) in [6, 6.07) is 11.2. The number of phenolic OH excluding ortho intramolecular Hbond substituents is 1. The number of hydrogen-bond acceptors (Lipinski definition) is 10. The van der Waals surface area contributed by atoms with E-state index >= 15 is 0 Å². The highest BCUT2D eigenvalue weighted by atomic mass is 16.5. The molecule has 0 saturated carbocycles. The molecule has 2 N–H and O–H groups in total. The summed E-state index contributed by atoms with van der Waals surface area (Å²) < 4.78 is 16.2. The van der Waals surface area contributed by atoms with Crippen molar-refractivity contribution in [2.24, 2.45) is 0 Å². The normalized spacial score (nSPS) is 17.7. The molecule has 0 radical (unpaired) electrons. The smallest absolute Gasteiger partial charge is 0.231 e. The third-order valence-electron chi connectivity index (χ3n) is 6.49. The van der Waals surface area contributed by atoms with E-state index in [2.05, 4.69) is 11.0 Å². The van der Waals surface area contributed by atoms with E-state index in [4.69, 9.17) is 29.2 Å². The number of ether oxygens (including phenoxy) is 3. The molecule has 2 aliphatic rings. The molecule has 0 aliphatic carbocycles. The van der Waals surface area contributed by atoms with Crippen LogP contribution in [0.25, 0.3) is 11.4 Å². The van der Waals surface area contributed by atoms with Gasteiger partial charge in [-0.1, -0.05) is 24.3 Å². The van der Waals surface area contributed by atoms with Gasteiger partial charge in [0.05, 0.1) is 40.1 Å². The van der Waals surface area contributed by atoms with Gasteiger partial charge in [-0.2, -0.15) is 15.0 Å². The number of aromatic hydroxyl groups is 1. The first-order valence-corrected chi connectivity index (χ1v) is 11.6. The lowest BCUT2D eigenvalue weighted by atomic mass is 9.93. The van der Waals surface area contributed by atoms with Crippen LogP contribution < -0.4 is 19.3 Å². The maximum absolute atomic E-state index is 10.4. The average molecular weight is 480 g/mol. The molecule has 3 heterocycles. The van der Waals surface area contributed by atoms with E-state index in [0.29, 0.717) is 56.1 Å². The molecule has 3 aromatic rings. The van der Waals surface area contributed by atoms with Gasteiger partial charge in [-0.15, -0.1) is 0 Å². The molecule has 5 rings (SSSR count). The van der Waals surface area contributed by atoms with Crippen molar-refractivity contribution >= 4 is 11.9 Å². The Hall–Kier alpha value is -3.63. The highest BCUT2D eigenvalue weighted by molar-refractivity contribution is 5.68. The van der Waals surface area contributed by atoms with Gasteiger partial charge in [0, 0.05) is 25.2 Å². The van der Waals surface area contributed by atoms with Crippen LogP contribution in [0, 0.1) is 0 Å². The second-order valence-electron chi connectivity index (χ2n) is 8.43. The molecule has 0 bridgehead atoms. The molecule has 184 valence electrons.